The summed E-state index contributed by atoms with van der Waals surface area (Å²) in [6.07, 6.45) is 9.11. The molecule has 3 rings (SSSR count). The van der Waals surface area contributed by atoms with Gasteiger partial charge in [-0.15, -0.1) is 0 Å². The summed E-state index contributed by atoms with van der Waals surface area (Å²) in [6.45, 7) is 1.61. The molecule has 1 atom stereocenters. The lowest BCUT2D eigenvalue weighted by atomic mass is 9.99. The van der Waals surface area contributed by atoms with Crippen LogP contribution in [0.4, 0.5) is 0 Å². The molecule has 0 spiro atoms. The molecular formula is C15H18N4O2. The molecule has 1 aliphatic rings. The van der Waals surface area contributed by atoms with Crippen LogP contribution in [0.15, 0.2) is 36.9 Å². The average Bonchev–Trinajstić information content (AvgIpc) is 2.99. The molecule has 21 heavy (non-hydrogen) atoms. The number of aryl methyl sites for hydroxylation is 1. The topological polar surface area (TPSA) is 69.0 Å². The highest BCUT2D eigenvalue weighted by Gasteiger charge is 2.19. The number of hydrogen-bond acceptors (Lipinski definition) is 4. The van der Waals surface area contributed by atoms with Gasteiger partial charge in [-0.2, -0.15) is 0 Å². The van der Waals surface area contributed by atoms with Crippen LogP contribution >= 0.6 is 0 Å². The highest BCUT2D eigenvalue weighted by Crippen LogP contribution is 2.17. The molecule has 6 nitrogen and oxygen atoms in total. The Bertz CT molecular complexity index is 597. The zero-order valence-electron chi connectivity index (χ0n) is 11.7. The third-order valence-electron chi connectivity index (χ3n) is 3.63. The second-order valence-electron chi connectivity index (χ2n) is 5.18. The molecule has 0 fully saturated rings. The van der Waals surface area contributed by atoms with Crippen LogP contribution in [0, 0.1) is 5.92 Å². The third kappa shape index (κ3) is 3.59. The molecule has 0 aromatic carbocycles. The minimum Gasteiger partial charge on any atom is -0.482 e. The van der Waals surface area contributed by atoms with Crippen molar-refractivity contribution in [3.63, 3.8) is 0 Å². The standard InChI is InChI=1S/C15H18N4O2/c20-15(11-21-13-2-1-5-16-9-13)18-8-12-3-4-14-17-6-7-19(14)10-12/h1-2,5-7,9,12H,3-4,8,10-11H2,(H,18,20)/t12-/m1/s1. The number of nitrogens with one attached hydrogen (secondary N) is 1. The monoisotopic (exact) mass is 286 g/mol. The first kappa shape index (κ1) is 13.6. The van der Waals surface area contributed by atoms with Crippen molar-refractivity contribution in [3.8, 4) is 5.75 Å². The Morgan fingerprint density at radius 2 is 2.43 bits per heavy atom. The molecule has 0 bridgehead atoms. The number of carbonyl (C=O) groups excluding carboxylic acids is 1. The van der Waals surface area contributed by atoms with E-state index in [9.17, 15) is 4.79 Å². The van der Waals surface area contributed by atoms with Gasteiger partial charge in [-0.05, 0) is 24.5 Å². The zero-order valence-corrected chi connectivity index (χ0v) is 11.7. The predicted octanol–water partition coefficient (Wildman–Crippen LogP) is 1.04. The van der Waals surface area contributed by atoms with Crippen LogP contribution in [0.25, 0.3) is 0 Å². The second-order valence-corrected chi connectivity index (χ2v) is 5.18. The Hall–Kier alpha value is -2.37. The lowest BCUT2D eigenvalue weighted by Gasteiger charge is -2.23. The minimum atomic E-state index is -0.102. The largest absolute Gasteiger partial charge is 0.482 e. The summed E-state index contributed by atoms with van der Waals surface area (Å²) in [7, 11) is 0. The quantitative estimate of drug-likeness (QED) is 0.891. The fourth-order valence-corrected chi connectivity index (χ4v) is 2.49. The number of rotatable bonds is 5. The van der Waals surface area contributed by atoms with Crippen molar-refractivity contribution in [2.75, 3.05) is 13.2 Å². The van der Waals surface area contributed by atoms with Crippen LogP contribution in [0.3, 0.4) is 0 Å². The zero-order chi connectivity index (χ0) is 14.5. The summed E-state index contributed by atoms with van der Waals surface area (Å²) < 4.78 is 7.52. The van der Waals surface area contributed by atoms with Crippen LogP contribution in [0.2, 0.25) is 0 Å². The van der Waals surface area contributed by atoms with Gasteiger partial charge < -0.3 is 14.6 Å². The fourth-order valence-electron chi connectivity index (χ4n) is 2.49. The summed E-state index contributed by atoms with van der Waals surface area (Å²) in [5.41, 5.74) is 0. The van der Waals surface area contributed by atoms with E-state index < -0.39 is 0 Å². The van der Waals surface area contributed by atoms with Crippen molar-refractivity contribution in [3.05, 3.63) is 42.7 Å². The van der Waals surface area contributed by atoms with Crippen molar-refractivity contribution in [2.45, 2.75) is 19.4 Å². The van der Waals surface area contributed by atoms with Gasteiger partial charge in [0.1, 0.15) is 11.6 Å². The van der Waals surface area contributed by atoms with E-state index in [0.29, 0.717) is 18.2 Å². The molecule has 0 unspecified atom stereocenters. The lowest BCUT2D eigenvalue weighted by Crippen LogP contribution is -2.36. The maximum Gasteiger partial charge on any atom is 0.257 e. The van der Waals surface area contributed by atoms with E-state index in [0.717, 1.165) is 25.2 Å². The van der Waals surface area contributed by atoms with E-state index in [4.69, 9.17) is 4.74 Å². The molecular weight excluding hydrogens is 268 g/mol. The molecule has 6 heteroatoms. The molecule has 0 radical (unpaired) electrons. The first-order valence-corrected chi connectivity index (χ1v) is 7.11. The first-order chi connectivity index (χ1) is 10.3. The van der Waals surface area contributed by atoms with Crippen LogP contribution in [0.5, 0.6) is 5.75 Å². The van der Waals surface area contributed by atoms with Gasteiger partial charge in [-0.1, -0.05) is 0 Å². The lowest BCUT2D eigenvalue weighted by molar-refractivity contribution is -0.123. The van der Waals surface area contributed by atoms with Crippen molar-refractivity contribution >= 4 is 5.91 Å². The Balaban J connectivity index is 1.40. The van der Waals surface area contributed by atoms with Gasteiger partial charge in [-0.3, -0.25) is 9.78 Å². The van der Waals surface area contributed by atoms with Crippen LogP contribution in [0.1, 0.15) is 12.2 Å². The number of fused-ring (bicyclic) bond motifs is 1. The normalized spacial score (nSPS) is 17.0. The maximum absolute atomic E-state index is 11.8. The molecule has 3 heterocycles. The number of nitrogens with zero attached hydrogens (tertiary/aromatic N) is 3. The Morgan fingerprint density at radius 3 is 3.29 bits per heavy atom. The van der Waals surface area contributed by atoms with Crippen LogP contribution in [-0.4, -0.2) is 33.6 Å². The number of ether oxygens (including phenoxy) is 1. The number of carbonyl (C=O) groups is 1. The molecule has 1 aliphatic heterocycles. The van der Waals surface area contributed by atoms with Crippen LogP contribution < -0.4 is 10.1 Å². The molecule has 2 aromatic heterocycles. The molecule has 110 valence electrons. The number of hydrogen-bond donors (Lipinski definition) is 1. The summed E-state index contributed by atoms with van der Waals surface area (Å²) in [4.78, 5) is 20.0. The number of amides is 1. The van der Waals surface area contributed by atoms with Crippen molar-refractivity contribution in [1.29, 1.82) is 0 Å². The van der Waals surface area contributed by atoms with Crippen molar-refractivity contribution in [2.24, 2.45) is 5.92 Å². The van der Waals surface area contributed by atoms with Gasteiger partial charge in [0.2, 0.25) is 0 Å². The predicted molar refractivity (Wildman–Crippen MR) is 76.8 cm³/mol. The van der Waals surface area contributed by atoms with Gasteiger partial charge in [-0.25, -0.2) is 4.98 Å². The van der Waals surface area contributed by atoms with E-state index >= 15 is 0 Å². The highest BCUT2D eigenvalue weighted by atomic mass is 16.5. The van der Waals surface area contributed by atoms with Crippen LogP contribution in [-0.2, 0) is 17.8 Å². The molecule has 2 aromatic rings. The number of imidazole rings is 1. The van der Waals surface area contributed by atoms with Gasteiger partial charge in [0.25, 0.3) is 5.91 Å². The van der Waals surface area contributed by atoms with E-state index in [1.165, 1.54) is 0 Å². The summed E-state index contributed by atoms with van der Waals surface area (Å²) in [6, 6.07) is 3.56. The molecule has 1 amide bonds. The Labute approximate surface area is 123 Å². The van der Waals surface area contributed by atoms with Gasteiger partial charge in [0.15, 0.2) is 6.61 Å². The van der Waals surface area contributed by atoms with Crippen molar-refractivity contribution < 1.29 is 9.53 Å². The fraction of sp³-hybridized carbons (Fsp3) is 0.400. The first-order valence-electron chi connectivity index (χ1n) is 7.11. The van der Waals surface area contributed by atoms with E-state index in [1.807, 2.05) is 12.4 Å². The molecule has 0 saturated carbocycles. The van der Waals surface area contributed by atoms with Gasteiger partial charge >= 0.3 is 0 Å². The van der Waals surface area contributed by atoms with E-state index in [1.54, 1.807) is 24.5 Å². The summed E-state index contributed by atoms with van der Waals surface area (Å²) in [5.74, 6) is 2.09. The average molecular weight is 286 g/mol. The Kier molecular flexibility index (Phi) is 4.14. The SMILES string of the molecule is O=C(COc1cccnc1)NC[C@H]1CCc2nccn2C1. The van der Waals surface area contributed by atoms with E-state index in [2.05, 4.69) is 19.9 Å². The maximum atomic E-state index is 11.8. The van der Waals surface area contributed by atoms with Gasteiger partial charge in [0, 0.05) is 38.1 Å². The molecule has 0 aliphatic carbocycles. The third-order valence-corrected chi connectivity index (χ3v) is 3.63. The van der Waals surface area contributed by atoms with Crippen molar-refractivity contribution in [1.82, 2.24) is 19.9 Å². The highest BCUT2D eigenvalue weighted by molar-refractivity contribution is 5.77. The number of aromatic nitrogens is 3. The van der Waals surface area contributed by atoms with Gasteiger partial charge in [0.05, 0.1) is 6.20 Å². The number of pyridine rings is 1. The second kappa shape index (κ2) is 6.39. The van der Waals surface area contributed by atoms with E-state index in [-0.39, 0.29) is 12.5 Å². The minimum absolute atomic E-state index is 0.0226. The molecule has 0 saturated heterocycles. The Morgan fingerprint density at radius 1 is 1.48 bits per heavy atom. The summed E-state index contributed by atoms with van der Waals surface area (Å²) >= 11 is 0. The summed E-state index contributed by atoms with van der Waals surface area (Å²) in [5, 5.41) is 2.93. The smallest absolute Gasteiger partial charge is 0.257 e. The molecule has 1 N–H and O–H groups in total.